The predicted octanol–water partition coefficient (Wildman–Crippen LogP) is 1.88. The van der Waals surface area contributed by atoms with Crippen LogP contribution in [0.4, 0.5) is 0 Å². The third kappa shape index (κ3) is 3.46. The first-order chi connectivity index (χ1) is 8.34. The second-order valence-electron chi connectivity index (χ2n) is 4.38. The molecule has 0 aliphatic carbocycles. The van der Waals surface area contributed by atoms with Gasteiger partial charge in [0, 0.05) is 6.54 Å². The Bertz CT molecular complexity index is 500. The topological polar surface area (TPSA) is 64.0 Å². The maximum Gasteiger partial charge on any atom is 0.274 e. The molecule has 100 valence electrons. The van der Waals surface area contributed by atoms with E-state index in [2.05, 4.69) is 10.3 Å². The lowest BCUT2D eigenvalue weighted by atomic mass is 10.2. The molecule has 1 heterocycles. The van der Waals surface area contributed by atoms with Crippen LogP contribution in [-0.2, 0) is 4.79 Å². The van der Waals surface area contributed by atoms with Crippen LogP contribution >= 0.6 is 23.2 Å². The van der Waals surface area contributed by atoms with Crippen molar-refractivity contribution in [2.75, 3.05) is 6.54 Å². The van der Waals surface area contributed by atoms with Gasteiger partial charge in [-0.2, -0.15) is 0 Å². The normalized spacial score (nSPS) is 12.6. The Labute approximate surface area is 115 Å². The highest BCUT2D eigenvalue weighted by atomic mass is 35.5. The minimum absolute atomic E-state index is 0.0623. The third-order valence-corrected chi connectivity index (χ3v) is 3.10. The van der Waals surface area contributed by atoms with E-state index < -0.39 is 11.6 Å². The minimum Gasteiger partial charge on any atom is -0.354 e. The van der Waals surface area contributed by atoms with Crippen molar-refractivity contribution >= 4 is 29.1 Å². The van der Waals surface area contributed by atoms with Gasteiger partial charge in [-0.1, -0.05) is 37.0 Å². The predicted molar refractivity (Wildman–Crippen MR) is 71.1 cm³/mol. The number of hydrogen-bond acceptors (Lipinski definition) is 3. The average Bonchev–Trinajstić information content (AvgIpc) is 2.32. The summed E-state index contributed by atoms with van der Waals surface area (Å²) in [5.74, 6) is 0.0794. The summed E-state index contributed by atoms with van der Waals surface area (Å²) in [4.78, 5) is 27.4. The van der Waals surface area contributed by atoms with Crippen LogP contribution in [0.3, 0.4) is 0 Å². The minimum atomic E-state index is -0.682. The molecular weight excluding hydrogens is 277 g/mol. The highest BCUT2D eigenvalue weighted by Gasteiger charge is 2.18. The van der Waals surface area contributed by atoms with Crippen molar-refractivity contribution in [2.24, 2.45) is 5.92 Å². The van der Waals surface area contributed by atoms with E-state index in [-0.39, 0.29) is 16.1 Å². The van der Waals surface area contributed by atoms with E-state index in [1.54, 1.807) is 6.92 Å². The highest BCUT2D eigenvalue weighted by Crippen LogP contribution is 2.14. The van der Waals surface area contributed by atoms with E-state index in [0.717, 1.165) is 4.57 Å². The van der Waals surface area contributed by atoms with Crippen molar-refractivity contribution in [1.82, 2.24) is 14.9 Å². The molecule has 1 unspecified atom stereocenters. The summed E-state index contributed by atoms with van der Waals surface area (Å²) < 4.78 is 1.16. The van der Waals surface area contributed by atoms with Gasteiger partial charge in [0.05, 0.1) is 0 Å². The Morgan fingerprint density at radius 1 is 1.44 bits per heavy atom. The van der Waals surface area contributed by atoms with E-state index >= 15 is 0 Å². The first kappa shape index (κ1) is 15.0. The van der Waals surface area contributed by atoms with Gasteiger partial charge in [0.1, 0.15) is 17.4 Å². The SMILES string of the molecule is CC(C)CNC(=O)C(C)n1cnc(Cl)c(Cl)c1=O. The molecule has 1 atom stereocenters. The molecule has 0 spiro atoms. The zero-order valence-electron chi connectivity index (χ0n) is 10.4. The van der Waals surface area contributed by atoms with Crippen LogP contribution in [0.2, 0.25) is 10.2 Å². The van der Waals surface area contributed by atoms with E-state index in [0.29, 0.717) is 12.5 Å². The summed E-state index contributed by atoms with van der Waals surface area (Å²) in [6.07, 6.45) is 1.22. The molecule has 1 amide bonds. The zero-order valence-corrected chi connectivity index (χ0v) is 11.9. The molecule has 0 aliphatic heterocycles. The summed E-state index contributed by atoms with van der Waals surface area (Å²) in [5.41, 5.74) is -0.524. The zero-order chi connectivity index (χ0) is 13.9. The molecule has 0 saturated heterocycles. The molecule has 1 aromatic rings. The first-order valence-electron chi connectivity index (χ1n) is 5.54. The van der Waals surface area contributed by atoms with Crippen molar-refractivity contribution in [3.8, 4) is 0 Å². The fraction of sp³-hybridized carbons (Fsp3) is 0.545. The number of carbonyl (C=O) groups excluding carboxylic acids is 1. The van der Waals surface area contributed by atoms with Crippen LogP contribution in [0.5, 0.6) is 0 Å². The fourth-order valence-corrected chi connectivity index (χ4v) is 1.55. The Balaban J connectivity index is 2.91. The van der Waals surface area contributed by atoms with E-state index in [4.69, 9.17) is 23.2 Å². The van der Waals surface area contributed by atoms with Crippen LogP contribution in [0, 0.1) is 5.92 Å². The number of carbonyl (C=O) groups is 1. The monoisotopic (exact) mass is 291 g/mol. The second-order valence-corrected chi connectivity index (χ2v) is 5.11. The van der Waals surface area contributed by atoms with Gasteiger partial charge in [0.25, 0.3) is 5.56 Å². The molecule has 0 radical (unpaired) electrons. The number of rotatable bonds is 4. The number of hydrogen-bond donors (Lipinski definition) is 1. The lowest BCUT2D eigenvalue weighted by Crippen LogP contribution is -2.37. The summed E-state index contributed by atoms with van der Waals surface area (Å²) >= 11 is 11.3. The Kier molecular flexibility index (Phi) is 5.16. The van der Waals surface area contributed by atoms with Crippen LogP contribution in [-0.4, -0.2) is 22.0 Å². The lowest BCUT2D eigenvalue weighted by Gasteiger charge is -2.16. The van der Waals surface area contributed by atoms with Crippen molar-refractivity contribution < 1.29 is 4.79 Å². The quantitative estimate of drug-likeness (QED) is 0.862. The van der Waals surface area contributed by atoms with Crippen LogP contribution in [0.1, 0.15) is 26.8 Å². The van der Waals surface area contributed by atoms with Gasteiger partial charge in [0.2, 0.25) is 5.91 Å². The molecule has 1 aromatic heterocycles. The summed E-state index contributed by atoms with van der Waals surface area (Å²) in [6.45, 7) is 6.12. The van der Waals surface area contributed by atoms with Gasteiger partial charge in [0.15, 0.2) is 5.15 Å². The molecule has 0 aliphatic rings. The van der Waals surface area contributed by atoms with E-state index in [1.165, 1.54) is 6.33 Å². The highest BCUT2D eigenvalue weighted by molar-refractivity contribution is 6.40. The maximum atomic E-state index is 11.8. The smallest absolute Gasteiger partial charge is 0.274 e. The summed E-state index contributed by atoms with van der Waals surface area (Å²) in [6, 6.07) is -0.682. The molecule has 0 saturated carbocycles. The molecule has 5 nitrogen and oxygen atoms in total. The first-order valence-corrected chi connectivity index (χ1v) is 6.30. The number of amides is 1. The largest absolute Gasteiger partial charge is 0.354 e. The molecule has 0 fully saturated rings. The molecular formula is C11H15Cl2N3O2. The van der Waals surface area contributed by atoms with E-state index in [9.17, 15) is 9.59 Å². The number of aromatic nitrogens is 2. The van der Waals surface area contributed by atoms with Gasteiger partial charge in [-0.3, -0.25) is 14.2 Å². The number of nitrogens with zero attached hydrogens (tertiary/aromatic N) is 2. The Hall–Kier alpha value is -1.07. The summed E-state index contributed by atoms with van der Waals surface area (Å²) in [5, 5.41) is 2.50. The maximum absolute atomic E-state index is 11.8. The van der Waals surface area contributed by atoms with Crippen molar-refractivity contribution in [3.05, 3.63) is 26.9 Å². The molecule has 0 bridgehead atoms. The van der Waals surface area contributed by atoms with E-state index in [1.807, 2.05) is 13.8 Å². The van der Waals surface area contributed by atoms with Crippen molar-refractivity contribution in [1.29, 1.82) is 0 Å². The van der Waals surface area contributed by atoms with Gasteiger partial charge < -0.3 is 5.32 Å². The lowest BCUT2D eigenvalue weighted by molar-refractivity contribution is -0.124. The molecule has 1 rings (SSSR count). The number of nitrogens with one attached hydrogen (secondary N) is 1. The summed E-state index contributed by atoms with van der Waals surface area (Å²) in [7, 11) is 0. The molecule has 1 N–H and O–H groups in total. The van der Waals surface area contributed by atoms with Crippen molar-refractivity contribution in [3.63, 3.8) is 0 Å². The molecule has 7 heteroatoms. The van der Waals surface area contributed by atoms with Crippen LogP contribution in [0.15, 0.2) is 11.1 Å². The van der Waals surface area contributed by atoms with Crippen LogP contribution < -0.4 is 10.9 Å². The van der Waals surface area contributed by atoms with Crippen LogP contribution in [0.25, 0.3) is 0 Å². The van der Waals surface area contributed by atoms with Gasteiger partial charge in [-0.25, -0.2) is 4.98 Å². The molecule has 18 heavy (non-hydrogen) atoms. The van der Waals surface area contributed by atoms with Gasteiger partial charge in [-0.05, 0) is 12.8 Å². The third-order valence-electron chi connectivity index (χ3n) is 2.38. The standard InChI is InChI=1S/C11H15Cl2N3O2/c1-6(2)4-14-10(17)7(3)16-5-15-9(13)8(12)11(16)18/h5-7H,4H2,1-3H3,(H,14,17). The molecule has 0 aromatic carbocycles. The second kappa shape index (κ2) is 6.20. The fourth-order valence-electron chi connectivity index (χ4n) is 1.28. The van der Waals surface area contributed by atoms with Gasteiger partial charge in [-0.15, -0.1) is 0 Å². The van der Waals surface area contributed by atoms with Gasteiger partial charge >= 0.3 is 0 Å². The van der Waals surface area contributed by atoms with Crippen molar-refractivity contribution in [2.45, 2.75) is 26.8 Å². The Morgan fingerprint density at radius 2 is 2.06 bits per heavy atom. The number of halogens is 2. The Morgan fingerprint density at radius 3 is 2.61 bits per heavy atom. The average molecular weight is 292 g/mol.